The molecular formula is C20H30N6O3S3. The fourth-order valence-electron chi connectivity index (χ4n) is 4.25. The van der Waals surface area contributed by atoms with Gasteiger partial charge in [-0.1, -0.05) is 18.3 Å². The number of hydrogen-bond donors (Lipinski definition) is 0. The van der Waals surface area contributed by atoms with Gasteiger partial charge in [-0.3, -0.25) is 19.3 Å². The molecule has 0 spiro atoms. The summed E-state index contributed by atoms with van der Waals surface area (Å²) >= 11 is 6.92. The molecule has 1 saturated heterocycles. The van der Waals surface area contributed by atoms with Crippen molar-refractivity contribution in [3.8, 4) is 0 Å². The standard InChI is InChI=1S/C20H30N6O3S3/c1-5-18(27)25(15-6-7-15)19-22-24(20(30)31-19)12-23(4)10-17-13(2)21-26(14(17)3)16-8-9-32(28,29)11-16/h15-16H,5-12H2,1-4H3/t16-/m1/s1. The van der Waals surface area contributed by atoms with E-state index in [0.29, 0.717) is 35.1 Å². The van der Waals surface area contributed by atoms with Crippen LogP contribution in [0.25, 0.3) is 0 Å². The Kier molecular flexibility index (Phi) is 6.59. The number of nitrogens with zero attached hydrogens (tertiary/aromatic N) is 6. The third-order valence-electron chi connectivity index (χ3n) is 6.12. The van der Waals surface area contributed by atoms with Gasteiger partial charge < -0.3 is 0 Å². The Hall–Kier alpha value is -1.63. The molecule has 1 aliphatic carbocycles. The number of sulfone groups is 1. The normalized spacial score (nSPS) is 20.2. The molecule has 2 fully saturated rings. The smallest absolute Gasteiger partial charge is 0.228 e. The van der Waals surface area contributed by atoms with E-state index in [9.17, 15) is 13.2 Å². The minimum absolute atomic E-state index is 0.0861. The van der Waals surface area contributed by atoms with E-state index in [1.807, 2.05) is 37.4 Å². The molecule has 32 heavy (non-hydrogen) atoms. The molecule has 9 nitrogen and oxygen atoms in total. The molecule has 0 aromatic carbocycles. The second-order valence-electron chi connectivity index (χ2n) is 8.80. The van der Waals surface area contributed by atoms with Gasteiger partial charge >= 0.3 is 0 Å². The van der Waals surface area contributed by atoms with Crippen LogP contribution in [-0.4, -0.2) is 63.4 Å². The van der Waals surface area contributed by atoms with Gasteiger partial charge in [0.15, 0.2) is 13.8 Å². The lowest BCUT2D eigenvalue weighted by atomic mass is 10.2. The Morgan fingerprint density at radius 2 is 1.97 bits per heavy atom. The van der Waals surface area contributed by atoms with E-state index in [-0.39, 0.29) is 29.5 Å². The summed E-state index contributed by atoms with van der Waals surface area (Å²) in [4.78, 5) is 16.3. The molecule has 0 bridgehead atoms. The highest BCUT2D eigenvalue weighted by Gasteiger charge is 2.35. The number of aromatic nitrogens is 4. The molecule has 3 heterocycles. The first-order valence-corrected chi connectivity index (χ1v) is 14.0. The summed E-state index contributed by atoms with van der Waals surface area (Å²) in [7, 11) is -0.975. The van der Waals surface area contributed by atoms with Crippen molar-refractivity contribution < 1.29 is 13.2 Å². The molecule has 1 amide bonds. The van der Waals surface area contributed by atoms with Crippen LogP contribution < -0.4 is 4.90 Å². The first kappa shape index (κ1) is 23.5. The van der Waals surface area contributed by atoms with Crippen molar-refractivity contribution in [3.05, 3.63) is 20.9 Å². The molecule has 12 heteroatoms. The molecule has 176 valence electrons. The average molecular weight is 499 g/mol. The van der Waals surface area contributed by atoms with Crippen molar-refractivity contribution >= 4 is 44.4 Å². The molecule has 0 radical (unpaired) electrons. The number of amides is 1. The van der Waals surface area contributed by atoms with Crippen molar-refractivity contribution in [2.24, 2.45) is 0 Å². The van der Waals surface area contributed by atoms with Crippen LogP contribution in [0.5, 0.6) is 0 Å². The Balaban J connectivity index is 1.48. The molecule has 0 N–H and O–H groups in total. The van der Waals surface area contributed by atoms with E-state index in [0.717, 1.165) is 29.8 Å². The predicted octanol–water partition coefficient (Wildman–Crippen LogP) is 2.84. The fourth-order valence-corrected chi connectivity index (χ4v) is 7.11. The Morgan fingerprint density at radius 3 is 2.56 bits per heavy atom. The summed E-state index contributed by atoms with van der Waals surface area (Å²) in [6.45, 7) is 6.98. The number of carbonyl (C=O) groups is 1. The van der Waals surface area contributed by atoms with Crippen LogP contribution in [0.3, 0.4) is 0 Å². The summed E-state index contributed by atoms with van der Waals surface area (Å²) in [5.74, 6) is 0.479. The number of carbonyl (C=O) groups excluding carboxylic acids is 1. The van der Waals surface area contributed by atoms with E-state index in [2.05, 4.69) is 15.1 Å². The zero-order chi connectivity index (χ0) is 23.2. The highest BCUT2D eigenvalue weighted by molar-refractivity contribution is 7.91. The van der Waals surface area contributed by atoms with Crippen molar-refractivity contribution in [3.63, 3.8) is 0 Å². The molecule has 2 aliphatic rings. The van der Waals surface area contributed by atoms with Crippen molar-refractivity contribution in [1.82, 2.24) is 24.5 Å². The van der Waals surface area contributed by atoms with Crippen LogP contribution >= 0.6 is 23.6 Å². The van der Waals surface area contributed by atoms with Gasteiger partial charge in [0.2, 0.25) is 11.0 Å². The van der Waals surface area contributed by atoms with Gasteiger partial charge in [-0.2, -0.15) is 5.10 Å². The summed E-state index contributed by atoms with van der Waals surface area (Å²) in [5.41, 5.74) is 3.02. The molecule has 2 aromatic rings. The van der Waals surface area contributed by atoms with Crippen molar-refractivity contribution in [1.29, 1.82) is 0 Å². The molecule has 1 saturated carbocycles. The molecular weight excluding hydrogens is 468 g/mol. The summed E-state index contributed by atoms with van der Waals surface area (Å²) in [5, 5.41) is 10.00. The number of aryl methyl sites for hydroxylation is 1. The van der Waals surface area contributed by atoms with E-state index in [4.69, 9.17) is 12.2 Å². The maximum Gasteiger partial charge on any atom is 0.228 e. The Morgan fingerprint density at radius 1 is 1.25 bits per heavy atom. The van der Waals surface area contributed by atoms with Gasteiger partial charge in [0.05, 0.1) is 29.9 Å². The fraction of sp³-hybridized carbons (Fsp3) is 0.700. The third-order valence-corrected chi connectivity index (χ3v) is 9.17. The van der Waals surface area contributed by atoms with Crippen LogP contribution in [0.1, 0.15) is 55.6 Å². The SMILES string of the molecule is CCC(=O)N(c1nn(CN(C)Cc2c(C)nn([C@@H]3CCS(=O)(=O)C3)c2C)c(=S)s1)C1CC1. The average Bonchev–Trinajstić information content (AvgIpc) is 3.32. The third kappa shape index (κ3) is 4.82. The lowest BCUT2D eigenvalue weighted by molar-refractivity contribution is -0.118. The van der Waals surface area contributed by atoms with Gasteiger partial charge in [0, 0.05) is 30.3 Å². The molecule has 1 aliphatic heterocycles. The zero-order valence-electron chi connectivity index (χ0n) is 18.9. The van der Waals surface area contributed by atoms with Crippen LogP contribution in [0, 0.1) is 17.8 Å². The van der Waals surface area contributed by atoms with Crippen molar-refractivity contribution in [2.45, 2.75) is 71.8 Å². The molecule has 2 aromatic heterocycles. The summed E-state index contributed by atoms with van der Waals surface area (Å²) in [6.07, 6.45) is 3.10. The van der Waals surface area contributed by atoms with Gasteiger partial charge in [-0.15, -0.1) is 5.10 Å². The van der Waals surface area contributed by atoms with Gasteiger partial charge in [-0.25, -0.2) is 13.1 Å². The molecule has 4 rings (SSSR count). The maximum atomic E-state index is 12.4. The lowest BCUT2D eigenvalue weighted by Gasteiger charge is -2.19. The van der Waals surface area contributed by atoms with Gasteiger partial charge in [0.1, 0.15) is 0 Å². The predicted molar refractivity (Wildman–Crippen MR) is 127 cm³/mol. The van der Waals surface area contributed by atoms with Gasteiger partial charge in [-0.05, 0) is 52.4 Å². The van der Waals surface area contributed by atoms with E-state index >= 15 is 0 Å². The van der Waals surface area contributed by atoms with Crippen LogP contribution in [0.4, 0.5) is 5.13 Å². The first-order chi connectivity index (χ1) is 15.1. The maximum absolute atomic E-state index is 12.4. The minimum atomic E-state index is -2.97. The van der Waals surface area contributed by atoms with Crippen LogP contribution in [-0.2, 0) is 27.8 Å². The highest BCUT2D eigenvalue weighted by atomic mass is 32.2. The van der Waals surface area contributed by atoms with Gasteiger partial charge in [0.25, 0.3) is 0 Å². The second-order valence-corrected chi connectivity index (χ2v) is 12.6. The van der Waals surface area contributed by atoms with Crippen LogP contribution in [0.2, 0.25) is 0 Å². The monoisotopic (exact) mass is 498 g/mol. The van der Waals surface area contributed by atoms with E-state index in [1.165, 1.54) is 11.3 Å². The topological polar surface area (TPSA) is 93.3 Å². The van der Waals surface area contributed by atoms with E-state index in [1.54, 1.807) is 4.68 Å². The molecule has 0 unspecified atom stereocenters. The second kappa shape index (κ2) is 8.96. The lowest BCUT2D eigenvalue weighted by Crippen LogP contribution is -2.32. The number of anilines is 1. The number of hydrogen-bond acceptors (Lipinski definition) is 8. The summed E-state index contributed by atoms with van der Waals surface area (Å²) < 4.78 is 28.1. The van der Waals surface area contributed by atoms with E-state index < -0.39 is 9.84 Å². The first-order valence-electron chi connectivity index (χ1n) is 10.9. The highest BCUT2D eigenvalue weighted by Crippen LogP contribution is 2.34. The quantitative estimate of drug-likeness (QED) is 0.517. The summed E-state index contributed by atoms with van der Waals surface area (Å²) in [6, 6.07) is 0.168. The minimum Gasteiger partial charge on any atom is -0.284 e. The van der Waals surface area contributed by atoms with Crippen LogP contribution in [0.15, 0.2) is 0 Å². The Bertz CT molecular complexity index is 1180. The largest absolute Gasteiger partial charge is 0.284 e. The van der Waals surface area contributed by atoms with Crippen molar-refractivity contribution in [2.75, 3.05) is 23.5 Å². The zero-order valence-corrected chi connectivity index (χ0v) is 21.4. The number of rotatable bonds is 8. The Labute approximate surface area is 197 Å². The molecule has 1 atom stereocenters.